The van der Waals surface area contributed by atoms with E-state index in [2.05, 4.69) is 34.2 Å². The van der Waals surface area contributed by atoms with Crippen LogP contribution in [-0.4, -0.2) is 47.3 Å². The van der Waals surface area contributed by atoms with E-state index in [4.69, 9.17) is 4.52 Å². The molecule has 0 aliphatic carbocycles. The number of hydrogen-bond acceptors (Lipinski definition) is 5. The first-order valence-electron chi connectivity index (χ1n) is 6.45. The predicted octanol–water partition coefficient (Wildman–Crippen LogP) is 0.932. The SMILES string of the molecule is CC(C)CC1CN(CCc2ncon2)CCN1. The lowest BCUT2D eigenvalue weighted by Crippen LogP contribution is -2.51. The molecule has 2 heterocycles. The molecule has 1 aromatic heterocycles. The number of nitrogens with zero attached hydrogens (tertiary/aromatic N) is 3. The lowest BCUT2D eigenvalue weighted by Gasteiger charge is -2.34. The van der Waals surface area contributed by atoms with Gasteiger partial charge in [-0.1, -0.05) is 19.0 Å². The standard InChI is InChI=1S/C12H22N4O/c1-10(2)7-11-8-16(6-4-13-11)5-3-12-14-9-17-15-12/h9-11,13H,3-8H2,1-2H3. The van der Waals surface area contributed by atoms with Crippen LogP contribution in [0.3, 0.4) is 0 Å². The Morgan fingerprint density at radius 3 is 3.18 bits per heavy atom. The van der Waals surface area contributed by atoms with Crippen molar-refractivity contribution in [3.63, 3.8) is 0 Å². The van der Waals surface area contributed by atoms with Gasteiger partial charge in [-0.3, -0.25) is 0 Å². The maximum absolute atomic E-state index is 4.74. The summed E-state index contributed by atoms with van der Waals surface area (Å²) >= 11 is 0. The summed E-state index contributed by atoms with van der Waals surface area (Å²) in [5.74, 6) is 1.56. The van der Waals surface area contributed by atoms with Gasteiger partial charge in [0.15, 0.2) is 5.82 Å². The van der Waals surface area contributed by atoms with Gasteiger partial charge < -0.3 is 14.7 Å². The molecule has 0 bridgehead atoms. The molecule has 0 spiro atoms. The third kappa shape index (κ3) is 4.09. The van der Waals surface area contributed by atoms with Gasteiger partial charge in [-0.05, 0) is 12.3 Å². The van der Waals surface area contributed by atoms with Crippen molar-refractivity contribution in [2.24, 2.45) is 5.92 Å². The Balaban J connectivity index is 1.73. The van der Waals surface area contributed by atoms with Crippen molar-refractivity contribution < 1.29 is 4.52 Å². The number of aromatic nitrogens is 2. The molecular weight excluding hydrogens is 216 g/mol. The minimum Gasteiger partial charge on any atom is -0.343 e. The highest BCUT2D eigenvalue weighted by Crippen LogP contribution is 2.09. The molecule has 0 amide bonds. The highest BCUT2D eigenvalue weighted by molar-refractivity contribution is 4.83. The molecule has 1 aliphatic heterocycles. The van der Waals surface area contributed by atoms with Crippen LogP contribution >= 0.6 is 0 Å². The molecular formula is C12H22N4O. The molecule has 2 rings (SSSR count). The minimum atomic E-state index is 0.633. The van der Waals surface area contributed by atoms with E-state index in [-0.39, 0.29) is 0 Å². The van der Waals surface area contributed by atoms with Crippen LogP contribution in [0.4, 0.5) is 0 Å². The third-order valence-electron chi connectivity index (χ3n) is 3.15. The van der Waals surface area contributed by atoms with Crippen LogP contribution in [0.5, 0.6) is 0 Å². The summed E-state index contributed by atoms with van der Waals surface area (Å²) < 4.78 is 4.74. The number of hydrogen-bond donors (Lipinski definition) is 1. The van der Waals surface area contributed by atoms with Crippen molar-refractivity contribution in [2.45, 2.75) is 32.7 Å². The van der Waals surface area contributed by atoms with Gasteiger partial charge in [-0.2, -0.15) is 4.98 Å². The summed E-state index contributed by atoms with van der Waals surface area (Å²) in [4.78, 5) is 6.53. The molecule has 0 radical (unpaired) electrons. The van der Waals surface area contributed by atoms with Crippen LogP contribution in [0.25, 0.3) is 0 Å². The zero-order valence-corrected chi connectivity index (χ0v) is 10.7. The normalized spacial score (nSPS) is 22.2. The zero-order valence-electron chi connectivity index (χ0n) is 10.7. The van der Waals surface area contributed by atoms with Crippen LogP contribution in [0, 0.1) is 5.92 Å². The fourth-order valence-electron chi connectivity index (χ4n) is 2.38. The molecule has 1 aliphatic rings. The highest BCUT2D eigenvalue weighted by Gasteiger charge is 2.19. The van der Waals surface area contributed by atoms with E-state index in [1.54, 1.807) is 0 Å². The molecule has 1 unspecified atom stereocenters. The van der Waals surface area contributed by atoms with Crippen molar-refractivity contribution in [3.8, 4) is 0 Å². The Hall–Kier alpha value is -0.940. The summed E-state index contributed by atoms with van der Waals surface area (Å²) in [5.41, 5.74) is 0. The Morgan fingerprint density at radius 1 is 1.59 bits per heavy atom. The van der Waals surface area contributed by atoms with Crippen LogP contribution in [0.2, 0.25) is 0 Å². The monoisotopic (exact) mass is 238 g/mol. The van der Waals surface area contributed by atoms with Gasteiger partial charge in [-0.25, -0.2) is 0 Å². The molecule has 1 aromatic rings. The van der Waals surface area contributed by atoms with Crippen molar-refractivity contribution in [3.05, 3.63) is 12.2 Å². The first-order valence-corrected chi connectivity index (χ1v) is 6.45. The molecule has 1 fully saturated rings. The lowest BCUT2D eigenvalue weighted by molar-refractivity contribution is 0.187. The summed E-state index contributed by atoms with van der Waals surface area (Å²) in [6, 6.07) is 0.633. The molecule has 17 heavy (non-hydrogen) atoms. The first-order chi connectivity index (χ1) is 8.24. The first kappa shape index (κ1) is 12.5. The molecule has 96 valence electrons. The van der Waals surface area contributed by atoms with E-state index in [1.807, 2.05) is 0 Å². The van der Waals surface area contributed by atoms with Gasteiger partial charge in [0.2, 0.25) is 6.39 Å². The maximum Gasteiger partial charge on any atom is 0.213 e. The van der Waals surface area contributed by atoms with Gasteiger partial charge >= 0.3 is 0 Å². The molecule has 0 aromatic carbocycles. The van der Waals surface area contributed by atoms with Gasteiger partial charge in [0, 0.05) is 38.6 Å². The third-order valence-corrected chi connectivity index (χ3v) is 3.15. The zero-order chi connectivity index (χ0) is 12.1. The van der Waals surface area contributed by atoms with Gasteiger partial charge in [-0.15, -0.1) is 0 Å². The predicted molar refractivity (Wildman–Crippen MR) is 65.7 cm³/mol. The highest BCUT2D eigenvalue weighted by atomic mass is 16.5. The molecule has 0 saturated carbocycles. The topological polar surface area (TPSA) is 54.2 Å². The van der Waals surface area contributed by atoms with Crippen molar-refractivity contribution in [1.82, 2.24) is 20.4 Å². The van der Waals surface area contributed by atoms with E-state index in [1.165, 1.54) is 12.8 Å². The Kier molecular flexibility index (Phi) is 4.50. The average Bonchev–Trinajstić information content (AvgIpc) is 2.79. The number of piperazine rings is 1. The Morgan fingerprint density at radius 2 is 2.47 bits per heavy atom. The average molecular weight is 238 g/mol. The van der Waals surface area contributed by atoms with E-state index in [0.29, 0.717) is 6.04 Å². The number of nitrogens with one attached hydrogen (secondary N) is 1. The van der Waals surface area contributed by atoms with Gasteiger partial charge in [0.25, 0.3) is 0 Å². The van der Waals surface area contributed by atoms with E-state index >= 15 is 0 Å². The Bertz CT molecular complexity index is 312. The summed E-state index contributed by atoms with van der Waals surface area (Å²) in [5, 5.41) is 7.42. The summed E-state index contributed by atoms with van der Waals surface area (Å²) in [6.07, 6.45) is 3.53. The number of rotatable bonds is 5. The van der Waals surface area contributed by atoms with Crippen LogP contribution in [-0.2, 0) is 6.42 Å². The molecule has 1 saturated heterocycles. The van der Waals surface area contributed by atoms with Gasteiger partial charge in [0.1, 0.15) is 0 Å². The van der Waals surface area contributed by atoms with E-state index in [9.17, 15) is 0 Å². The maximum atomic E-state index is 4.74. The van der Waals surface area contributed by atoms with Crippen molar-refractivity contribution in [2.75, 3.05) is 26.2 Å². The van der Waals surface area contributed by atoms with Crippen LogP contribution in [0.1, 0.15) is 26.1 Å². The lowest BCUT2D eigenvalue weighted by atomic mass is 10.0. The quantitative estimate of drug-likeness (QED) is 0.827. The second kappa shape index (κ2) is 6.12. The fraction of sp³-hybridized carbons (Fsp3) is 0.833. The van der Waals surface area contributed by atoms with Crippen molar-refractivity contribution in [1.29, 1.82) is 0 Å². The molecule has 5 heteroatoms. The fourth-order valence-corrected chi connectivity index (χ4v) is 2.38. The minimum absolute atomic E-state index is 0.633. The van der Waals surface area contributed by atoms with Crippen molar-refractivity contribution >= 4 is 0 Å². The molecule has 1 N–H and O–H groups in total. The molecule has 5 nitrogen and oxygen atoms in total. The van der Waals surface area contributed by atoms with Gasteiger partial charge in [0.05, 0.1) is 0 Å². The second-order valence-corrected chi connectivity index (χ2v) is 5.18. The summed E-state index contributed by atoms with van der Waals surface area (Å²) in [6.45, 7) is 8.92. The van der Waals surface area contributed by atoms with E-state index in [0.717, 1.165) is 44.3 Å². The van der Waals surface area contributed by atoms with Crippen LogP contribution in [0.15, 0.2) is 10.9 Å². The largest absolute Gasteiger partial charge is 0.343 e. The smallest absolute Gasteiger partial charge is 0.213 e. The van der Waals surface area contributed by atoms with Crippen LogP contribution < -0.4 is 5.32 Å². The summed E-state index contributed by atoms with van der Waals surface area (Å²) in [7, 11) is 0. The second-order valence-electron chi connectivity index (χ2n) is 5.18. The van der Waals surface area contributed by atoms with E-state index < -0.39 is 0 Å². The molecule has 1 atom stereocenters. The Labute approximate surface area is 103 Å².